The standard InChI is InChI=1S/C28H30N8O4S/c29-18-7-8-24(35-10-3-4-19(30)15-35)22(12-18)33-26(38)23-16-41-27(34-23)17-13-32-36(14-17)11-9-31-25(37)20-5-1-2-6-21(20)28(39)40/h1-2,5-8,12-14,16,19H,3-4,9-11,15,29-30H2,(H,31,37)(H,33,38)(H,39,40)/t19-/m1/s1. The molecule has 2 amide bonds. The third-order valence-electron chi connectivity index (χ3n) is 6.71. The first-order valence-electron chi connectivity index (χ1n) is 13.1. The molecule has 1 atom stereocenters. The summed E-state index contributed by atoms with van der Waals surface area (Å²) in [6.45, 7) is 2.16. The van der Waals surface area contributed by atoms with Gasteiger partial charge in [-0.3, -0.25) is 14.3 Å². The number of amides is 2. The molecule has 1 aliphatic rings. The SMILES string of the molecule is Nc1ccc(N2CCC[C@@H](N)C2)c(NC(=O)c2csc(-c3cnn(CCNC(=O)c4ccccc4C(=O)O)c3)n2)c1. The number of anilines is 3. The van der Waals surface area contributed by atoms with Crippen molar-refractivity contribution in [2.24, 2.45) is 5.73 Å². The number of rotatable bonds is 9. The smallest absolute Gasteiger partial charge is 0.336 e. The molecule has 13 heteroatoms. The summed E-state index contributed by atoms with van der Waals surface area (Å²) in [5.74, 6) is -1.99. The largest absolute Gasteiger partial charge is 0.478 e. The topological polar surface area (TPSA) is 181 Å². The van der Waals surface area contributed by atoms with Crippen molar-refractivity contribution >= 4 is 46.2 Å². The lowest BCUT2D eigenvalue weighted by atomic mass is 10.1. The van der Waals surface area contributed by atoms with Crippen molar-refractivity contribution in [2.75, 3.05) is 35.6 Å². The van der Waals surface area contributed by atoms with Crippen LogP contribution in [0.4, 0.5) is 17.1 Å². The van der Waals surface area contributed by atoms with Gasteiger partial charge in [0.2, 0.25) is 0 Å². The minimum Gasteiger partial charge on any atom is -0.478 e. The number of aromatic nitrogens is 3. The highest BCUT2D eigenvalue weighted by atomic mass is 32.1. The Bertz CT molecular complexity index is 1580. The molecule has 0 spiro atoms. The fraction of sp³-hybridized carbons (Fsp3) is 0.250. The van der Waals surface area contributed by atoms with E-state index in [4.69, 9.17) is 11.5 Å². The van der Waals surface area contributed by atoms with Crippen molar-refractivity contribution in [2.45, 2.75) is 25.4 Å². The quantitative estimate of drug-likeness (QED) is 0.188. The normalized spacial score (nSPS) is 15.0. The van der Waals surface area contributed by atoms with Gasteiger partial charge in [-0.25, -0.2) is 9.78 Å². The monoisotopic (exact) mass is 574 g/mol. The van der Waals surface area contributed by atoms with Crippen LogP contribution in [0.3, 0.4) is 0 Å². The minimum absolute atomic E-state index is 0.0577. The van der Waals surface area contributed by atoms with Crippen LogP contribution >= 0.6 is 11.3 Å². The number of carboxylic acids is 1. The van der Waals surface area contributed by atoms with E-state index in [1.165, 1.54) is 23.5 Å². The molecule has 1 saturated heterocycles. The molecule has 7 N–H and O–H groups in total. The predicted octanol–water partition coefficient (Wildman–Crippen LogP) is 2.90. The van der Waals surface area contributed by atoms with Gasteiger partial charge >= 0.3 is 5.97 Å². The van der Waals surface area contributed by atoms with Crippen LogP contribution in [-0.2, 0) is 6.54 Å². The maximum absolute atomic E-state index is 13.1. The molecule has 0 radical (unpaired) electrons. The van der Waals surface area contributed by atoms with Gasteiger partial charge in [0, 0.05) is 48.5 Å². The first-order chi connectivity index (χ1) is 19.8. The summed E-state index contributed by atoms with van der Waals surface area (Å²) in [4.78, 5) is 43.6. The van der Waals surface area contributed by atoms with E-state index < -0.39 is 11.9 Å². The average molecular weight is 575 g/mol. The molecule has 5 rings (SSSR count). The van der Waals surface area contributed by atoms with Gasteiger partial charge in [0.25, 0.3) is 11.8 Å². The summed E-state index contributed by atoms with van der Waals surface area (Å²) >= 11 is 1.32. The number of nitrogens with two attached hydrogens (primary N) is 2. The zero-order chi connectivity index (χ0) is 28.9. The van der Waals surface area contributed by atoms with E-state index >= 15 is 0 Å². The number of aromatic carboxylic acids is 1. The summed E-state index contributed by atoms with van der Waals surface area (Å²) in [7, 11) is 0. The molecule has 212 valence electrons. The first kappa shape index (κ1) is 27.8. The Morgan fingerprint density at radius 1 is 1.12 bits per heavy atom. The summed E-state index contributed by atoms with van der Waals surface area (Å²) in [5, 5.41) is 21.6. The minimum atomic E-state index is -1.16. The van der Waals surface area contributed by atoms with Crippen LogP contribution in [0.5, 0.6) is 0 Å². The molecule has 41 heavy (non-hydrogen) atoms. The van der Waals surface area contributed by atoms with Crippen molar-refractivity contribution in [3.8, 4) is 10.6 Å². The summed E-state index contributed by atoms with van der Waals surface area (Å²) < 4.78 is 1.64. The molecule has 0 bridgehead atoms. The Morgan fingerprint density at radius 3 is 2.71 bits per heavy atom. The first-order valence-corrected chi connectivity index (χ1v) is 14.0. The average Bonchev–Trinajstić information content (AvgIpc) is 3.63. The maximum Gasteiger partial charge on any atom is 0.336 e. The molecule has 1 fully saturated rings. The molecular weight excluding hydrogens is 544 g/mol. The van der Waals surface area contributed by atoms with E-state index in [-0.39, 0.29) is 35.3 Å². The number of thiazole rings is 1. The molecule has 3 heterocycles. The highest BCUT2D eigenvalue weighted by molar-refractivity contribution is 7.13. The van der Waals surface area contributed by atoms with E-state index in [0.717, 1.165) is 30.6 Å². The Hall–Kier alpha value is -4.75. The zero-order valence-corrected chi connectivity index (χ0v) is 22.9. The number of carbonyl (C=O) groups excluding carboxylic acids is 2. The fourth-order valence-corrected chi connectivity index (χ4v) is 5.47. The second-order valence-electron chi connectivity index (χ2n) is 9.72. The molecule has 0 saturated carbocycles. The Labute approximate surface area is 240 Å². The van der Waals surface area contributed by atoms with Crippen LogP contribution in [0, 0.1) is 0 Å². The van der Waals surface area contributed by atoms with Crippen LogP contribution < -0.4 is 27.0 Å². The lowest BCUT2D eigenvalue weighted by molar-refractivity contribution is 0.0690. The van der Waals surface area contributed by atoms with Gasteiger partial charge in [-0.2, -0.15) is 5.10 Å². The van der Waals surface area contributed by atoms with Gasteiger partial charge in [-0.15, -0.1) is 11.3 Å². The molecule has 2 aromatic heterocycles. The van der Waals surface area contributed by atoms with Crippen LogP contribution in [0.25, 0.3) is 10.6 Å². The Morgan fingerprint density at radius 2 is 1.93 bits per heavy atom. The van der Waals surface area contributed by atoms with Crippen LogP contribution in [0.15, 0.2) is 60.2 Å². The fourth-order valence-electron chi connectivity index (χ4n) is 4.70. The van der Waals surface area contributed by atoms with E-state index in [9.17, 15) is 19.5 Å². The summed E-state index contributed by atoms with van der Waals surface area (Å²) in [6.07, 6.45) is 5.36. The number of hydrogen-bond acceptors (Lipinski definition) is 9. The molecular formula is C28H30N8O4S. The summed E-state index contributed by atoms with van der Waals surface area (Å²) in [5.41, 5.74) is 15.2. The van der Waals surface area contributed by atoms with Crippen molar-refractivity contribution < 1.29 is 19.5 Å². The Balaban J connectivity index is 1.20. The van der Waals surface area contributed by atoms with Crippen molar-refractivity contribution in [1.29, 1.82) is 0 Å². The second-order valence-corrected chi connectivity index (χ2v) is 10.6. The highest BCUT2D eigenvalue weighted by Gasteiger charge is 2.22. The number of nitrogen functional groups attached to an aromatic ring is 1. The van der Waals surface area contributed by atoms with Gasteiger partial charge in [-0.1, -0.05) is 12.1 Å². The molecule has 0 unspecified atom stereocenters. The van der Waals surface area contributed by atoms with Crippen LogP contribution in [0.1, 0.15) is 44.0 Å². The van der Waals surface area contributed by atoms with Crippen molar-refractivity contribution in [3.05, 3.63) is 77.1 Å². The maximum atomic E-state index is 13.1. The van der Waals surface area contributed by atoms with E-state index in [0.29, 0.717) is 29.5 Å². The van der Waals surface area contributed by atoms with Gasteiger partial charge in [0.1, 0.15) is 10.7 Å². The zero-order valence-electron chi connectivity index (χ0n) is 22.1. The molecule has 12 nitrogen and oxygen atoms in total. The number of piperidine rings is 1. The van der Waals surface area contributed by atoms with Gasteiger partial charge in [0.15, 0.2) is 0 Å². The van der Waals surface area contributed by atoms with E-state index in [1.54, 1.807) is 40.7 Å². The predicted molar refractivity (Wildman–Crippen MR) is 157 cm³/mol. The van der Waals surface area contributed by atoms with E-state index in [1.807, 2.05) is 12.1 Å². The number of benzene rings is 2. The summed E-state index contributed by atoms with van der Waals surface area (Å²) in [6, 6.07) is 11.6. The molecule has 0 aliphatic carbocycles. The highest BCUT2D eigenvalue weighted by Crippen LogP contribution is 2.31. The molecule has 1 aliphatic heterocycles. The van der Waals surface area contributed by atoms with Gasteiger partial charge < -0.3 is 32.1 Å². The third kappa shape index (κ3) is 6.53. The number of carbonyl (C=O) groups is 3. The lowest BCUT2D eigenvalue weighted by Gasteiger charge is -2.34. The number of carboxylic acid groups (broad SMARTS) is 1. The lowest BCUT2D eigenvalue weighted by Crippen LogP contribution is -2.43. The number of hydrogen-bond donors (Lipinski definition) is 5. The van der Waals surface area contributed by atoms with Crippen LogP contribution in [-0.4, -0.2) is 63.3 Å². The van der Waals surface area contributed by atoms with Gasteiger partial charge in [0.05, 0.1) is 35.2 Å². The van der Waals surface area contributed by atoms with Gasteiger partial charge in [-0.05, 0) is 43.2 Å². The van der Waals surface area contributed by atoms with Crippen molar-refractivity contribution in [3.63, 3.8) is 0 Å². The molecule has 2 aromatic carbocycles. The third-order valence-corrected chi connectivity index (χ3v) is 7.60. The molecule has 4 aromatic rings. The van der Waals surface area contributed by atoms with Crippen LogP contribution in [0.2, 0.25) is 0 Å². The number of nitrogens with one attached hydrogen (secondary N) is 2. The number of nitrogens with zero attached hydrogens (tertiary/aromatic N) is 4. The Kier molecular flexibility index (Phi) is 8.26. The second kappa shape index (κ2) is 12.2. The van der Waals surface area contributed by atoms with E-state index in [2.05, 4.69) is 25.6 Å². The van der Waals surface area contributed by atoms with Crippen molar-refractivity contribution in [1.82, 2.24) is 20.1 Å².